The predicted molar refractivity (Wildman–Crippen MR) is 120 cm³/mol. The Balaban J connectivity index is 1.42. The second-order valence-electron chi connectivity index (χ2n) is 9.53. The summed E-state index contributed by atoms with van der Waals surface area (Å²) < 4.78 is 1.34. The number of para-hydroxylation sites is 1. The average Bonchev–Trinajstić information content (AvgIpc) is 2.69. The van der Waals surface area contributed by atoms with Crippen molar-refractivity contribution in [3.63, 3.8) is 0 Å². The average molecular weight is 414 g/mol. The topological polar surface area (TPSA) is 64.0 Å². The van der Waals surface area contributed by atoms with Crippen molar-refractivity contribution in [3.05, 3.63) is 40.4 Å². The van der Waals surface area contributed by atoms with Gasteiger partial charge in [-0.1, -0.05) is 39.8 Å². The van der Waals surface area contributed by atoms with E-state index in [0.717, 1.165) is 17.6 Å². The summed E-state index contributed by atoms with van der Waals surface area (Å²) >= 11 is 1.69. The van der Waals surface area contributed by atoms with Gasteiger partial charge < -0.3 is 0 Å². The maximum absolute atomic E-state index is 12.9. The first-order chi connectivity index (χ1) is 13.8. The number of amides is 1. The molecule has 3 atom stereocenters. The summed E-state index contributed by atoms with van der Waals surface area (Å²) in [5.74, 6) is 4.27. The summed E-state index contributed by atoms with van der Waals surface area (Å²) in [5.41, 5.74) is 3.73. The van der Waals surface area contributed by atoms with Gasteiger partial charge in [-0.05, 0) is 60.3 Å². The summed E-state index contributed by atoms with van der Waals surface area (Å²) in [4.78, 5) is 30.2. The quantitative estimate of drug-likeness (QED) is 0.763. The van der Waals surface area contributed by atoms with E-state index in [2.05, 4.69) is 24.3 Å². The molecule has 1 heterocycles. The van der Waals surface area contributed by atoms with E-state index in [1.807, 2.05) is 32.0 Å². The van der Waals surface area contributed by atoms with Crippen LogP contribution >= 0.6 is 11.8 Å². The van der Waals surface area contributed by atoms with Crippen LogP contribution in [0.15, 0.2) is 29.1 Å². The van der Waals surface area contributed by atoms with Gasteiger partial charge in [-0.15, -0.1) is 0 Å². The van der Waals surface area contributed by atoms with Gasteiger partial charge in [0.15, 0.2) is 0 Å². The molecule has 1 amide bonds. The van der Waals surface area contributed by atoms with Gasteiger partial charge >= 0.3 is 0 Å². The van der Waals surface area contributed by atoms with Crippen molar-refractivity contribution in [2.45, 2.75) is 52.9 Å². The zero-order chi connectivity index (χ0) is 20.8. The number of benzene rings is 1. The third kappa shape index (κ3) is 3.72. The van der Waals surface area contributed by atoms with Crippen molar-refractivity contribution in [2.75, 3.05) is 16.9 Å². The molecule has 0 spiro atoms. The highest BCUT2D eigenvalue weighted by Crippen LogP contribution is 2.61. The van der Waals surface area contributed by atoms with Crippen LogP contribution in [-0.4, -0.2) is 27.1 Å². The molecular formula is C23H31N3O2S. The van der Waals surface area contributed by atoms with E-state index in [9.17, 15) is 9.59 Å². The van der Waals surface area contributed by atoms with Crippen molar-refractivity contribution in [3.8, 4) is 0 Å². The molecule has 0 unspecified atom stereocenters. The molecule has 6 heteroatoms. The summed E-state index contributed by atoms with van der Waals surface area (Å²) in [7, 11) is 0. The Morgan fingerprint density at radius 2 is 2.07 bits per heavy atom. The second kappa shape index (κ2) is 7.78. The minimum absolute atomic E-state index is 0.0243. The summed E-state index contributed by atoms with van der Waals surface area (Å²) in [6.07, 6.45) is 3.98. The third-order valence-corrected chi connectivity index (χ3v) is 8.25. The molecule has 3 fully saturated rings. The molecule has 3 saturated carbocycles. The van der Waals surface area contributed by atoms with Gasteiger partial charge in [0.2, 0.25) is 5.91 Å². The fraction of sp³-hybridized carbons (Fsp3) is 0.609. The molecule has 29 heavy (non-hydrogen) atoms. The van der Waals surface area contributed by atoms with Gasteiger partial charge in [0.25, 0.3) is 5.56 Å². The number of hydrogen-bond acceptors (Lipinski definition) is 4. The first-order valence-electron chi connectivity index (χ1n) is 10.7. The SMILES string of the molecule is CC(C)c1nc2ccccc2c(=O)n1NC(=O)CSC[C@@H]1CC[C@H]2C[C@H]1C2(C)C. The van der Waals surface area contributed by atoms with Crippen molar-refractivity contribution in [2.24, 2.45) is 23.2 Å². The third-order valence-electron chi connectivity index (χ3n) is 7.12. The largest absolute Gasteiger partial charge is 0.280 e. The Morgan fingerprint density at radius 1 is 1.31 bits per heavy atom. The van der Waals surface area contributed by atoms with Gasteiger partial charge in [0.05, 0.1) is 16.7 Å². The molecule has 0 aliphatic heterocycles. The number of rotatable bonds is 6. The van der Waals surface area contributed by atoms with Crippen molar-refractivity contribution >= 4 is 28.6 Å². The molecule has 0 saturated heterocycles. The van der Waals surface area contributed by atoms with Crippen molar-refractivity contribution < 1.29 is 4.79 Å². The lowest BCUT2D eigenvalue weighted by molar-refractivity contribution is -0.114. The van der Waals surface area contributed by atoms with Crippen LogP contribution in [0.4, 0.5) is 0 Å². The molecular weight excluding hydrogens is 382 g/mol. The van der Waals surface area contributed by atoms with E-state index < -0.39 is 0 Å². The molecule has 3 aliphatic rings. The van der Waals surface area contributed by atoms with Gasteiger partial charge in [0, 0.05) is 5.92 Å². The van der Waals surface area contributed by atoms with Crippen molar-refractivity contribution in [1.82, 2.24) is 9.66 Å². The van der Waals surface area contributed by atoms with Crippen LogP contribution in [0.25, 0.3) is 10.9 Å². The Morgan fingerprint density at radius 3 is 2.76 bits per heavy atom. The Bertz CT molecular complexity index is 980. The Labute approximate surface area is 176 Å². The molecule has 1 aromatic carbocycles. The fourth-order valence-electron chi connectivity index (χ4n) is 5.27. The number of nitrogens with one attached hydrogen (secondary N) is 1. The second-order valence-corrected chi connectivity index (χ2v) is 10.6. The highest BCUT2D eigenvalue weighted by atomic mass is 32.2. The number of carbonyl (C=O) groups excluding carboxylic acids is 1. The zero-order valence-electron chi connectivity index (χ0n) is 17.8. The van der Waals surface area contributed by atoms with Crippen molar-refractivity contribution in [1.29, 1.82) is 0 Å². The summed E-state index contributed by atoms with van der Waals surface area (Å²) in [5, 5.41) is 0.522. The Hall–Kier alpha value is -1.82. The number of aromatic nitrogens is 2. The van der Waals surface area contributed by atoms with Crippen LogP contribution in [-0.2, 0) is 4.79 Å². The van der Waals surface area contributed by atoms with E-state index in [0.29, 0.717) is 33.8 Å². The first-order valence-corrected chi connectivity index (χ1v) is 11.8. The van der Waals surface area contributed by atoms with Crippen LogP contribution in [0.3, 0.4) is 0 Å². The van der Waals surface area contributed by atoms with Crippen LogP contribution in [0.5, 0.6) is 0 Å². The summed E-state index contributed by atoms with van der Waals surface area (Å²) in [6, 6.07) is 7.28. The van der Waals surface area contributed by atoms with E-state index in [1.54, 1.807) is 17.8 Å². The van der Waals surface area contributed by atoms with Crippen LogP contribution in [0.1, 0.15) is 58.7 Å². The smallest absolute Gasteiger partial charge is 0.272 e. The van der Waals surface area contributed by atoms with E-state index in [1.165, 1.54) is 23.9 Å². The lowest BCUT2D eigenvalue weighted by Gasteiger charge is -2.60. The lowest BCUT2D eigenvalue weighted by atomic mass is 9.46. The number of nitrogens with zero attached hydrogens (tertiary/aromatic N) is 2. The molecule has 1 aromatic heterocycles. The monoisotopic (exact) mass is 413 g/mol. The molecule has 5 rings (SSSR count). The normalized spacial score (nSPS) is 25.1. The number of carbonyl (C=O) groups is 1. The van der Waals surface area contributed by atoms with Crippen LogP contribution < -0.4 is 11.0 Å². The molecule has 5 nitrogen and oxygen atoms in total. The standard InChI is InChI=1S/C23H31N3O2S/c1-14(2)21-24-19-8-6-5-7-17(19)22(28)26(21)25-20(27)13-29-12-15-9-10-16-11-18(15)23(16,3)4/h5-8,14-16,18H,9-13H2,1-4H3,(H,25,27)/t15-,16-,18+/m0/s1. The van der Waals surface area contributed by atoms with Gasteiger partial charge in [-0.3, -0.25) is 15.0 Å². The fourth-order valence-corrected chi connectivity index (χ4v) is 6.34. The highest BCUT2D eigenvalue weighted by molar-refractivity contribution is 7.99. The molecule has 0 radical (unpaired) electrons. The van der Waals surface area contributed by atoms with Crippen LogP contribution in [0, 0.1) is 23.2 Å². The molecule has 2 bridgehead atoms. The van der Waals surface area contributed by atoms with E-state index >= 15 is 0 Å². The van der Waals surface area contributed by atoms with E-state index in [4.69, 9.17) is 0 Å². The number of thioether (sulfide) groups is 1. The van der Waals surface area contributed by atoms with Gasteiger partial charge in [-0.2, -0.15) is 11.8 Å². The zero-order valence-corrected chi connectivity index (χ0v) is 18.6. The maximum atomic E-state index is 12.9. The van der Waals surface area contributed by atoms with Crippen LogP contribution in [0.2, 0.25) is 0 Å². The first kappa shape index (κ1) is 20.5. The van der Waals surface area contributed by atoms with Gasteiger partial charge in [-0.25, -0.2) is 9.66 Å². The van der Waals surface area contributed by atoms with E-state index in [-0.39, 0.29) is 17.4 Å². The minimum atomic E-state index is -0.216. The predicted octanol–water partition coefficient (Wildman–Crippen LogP) is 4.40. The number of hydrogen-bond donors (Lipinski definition) is 1. The highest BCUT2D eigenvalue weighted by Gasteiger charge is 2.53. The lowest BCUT2D eigenvalue weighted by Crippen LogP contribution is -2.52. The Kier molecular flexibility index (Phi) is 5.49. The molecule has 3 aliphatic carbocycles. The molecule has 156 valence electrons. The maximum Gasteiger partial charge on any atom is 0.280 e. The molecule has 1 N–H and O–H groups in total. The number of fused-ring (bicyclic) bond motifs is 3. The van der Waals surface area contributed by atoms with Gasteiger partial charge in [0.1, 0.15) is 5.82 Å². The minimum Gasteiger partial charge on any atom is -0.272 e. The summed E-state index contributed by atoms with van der Waals surface area (Å²) in [6.45, 7) is 8.76. The molecule has 2 aromatic rings.